The van der Waals surface area contributed by atoms with Gasteiger partial charge in [-0.15, -0.1) is 0 Å². The van der Waals surface area contributed by atoms with Crippen molar-refractivity contribution in [2.75, 3.05) is 12.3 Å². The molecule has 0 bridgehead atoms. The lowest BCUT2D eigenvalue weighted by Crippen LogP contribution is -2.59. The van der Waals surface area contributed by atoms with E-state index >= 15 is 0 Å². The fourth-order valence-corrected chi connectivity index (χ4v) is 4.01. The molecule has 1 aromatic carbocycles. The van der Waals surface area contributed by atoms with Crippen LogP contribution in [0.1, 0.15) is 18.9 Å². The minimum Gasteiger partial charge on any atom is -0.294 e. The molecule has 2 rings (SSSR count). The Hall–Kier alpha value is -1.73. The van der Waals surface area contributed by atoms with Crippen molar-refractivity contribution in [1.29, 1.82) is 0 Å². The molecular formula is C14H18N2O4S. The first kappa shape index (κ1) is 15.7. The molecule has 1 saturated heterocycles. The molecule has 2 amide bonds. The van der Waals surface area contributed by atoms with E-state index in [1.165, 1.54) is 0 Å². The van der Waals surface area contributed by atoms with Crippen molar-refractivity contribution in [3.8, 4) is 0 Å². The summed E-state index contributed by atoms with van der Waals surface area (Å²) in [6.45, 7) is 1.43. The zero-order valence-corrected chi connectivity index (χ0v) is 12.6. The Morgan fingerprint density at radius 1 is 1.24 bits per heavy atom. The van der Waals surface area contributed by atoms with Crippen LogP contribution < -0.4 is 5.32 Å². The summed E-state index contributed by atoms with van der Waals surface area (Å²) in [6, 6.07) is 8.44. The molecule has 0 radical (unpaired) electrons. The van der Waals surface area contributed by atoms with Crippen molar-refractivity contribution in [2.24, 2.45) is 0 Å². The van der Waals surface area contributed by atoms with E-state index in [0.717, 1.165) is 9.87 Å². The van der Waals surface area contributed by atoms with Crippen LogP contribution in [0.15, 0.2) is 30.3 Å². The van der Waals surface area contributed by atoms with Crippen LogP contribution in [0.4, 0.5) is 0 Å². The number of hydrogen-bond donors (Lipinski definition) is 1. The van der Waals surface area contributed by atoms with E-state index in [1.807, 2.05) is 30.3 Å². The first-order chi connectivity index (χ1) is 9.94. The van der Waals surface area contributed by atoms with Gasteiger partial charge >= 0.3 is 0 Å². The number of amides is 2. The molecule has 1 unspecified atom stereocenters. The highest BCUT2D eigenvalue weighted by atomic mass is 32.2. The highest BCUT2D eigenvalue weighted by molar-refractivity contribution is 7.89. The summed E-state index contributed by atoms with van der Waals surface area (Å²) in [5.74, 6) is -1.24. The van der Waals surface area contributed by atoms with Crippen LogP contribution in [-0.4, -0.2) is 42.9 Å². The third-order valence-corrected chi connectivity index (χ3v) is 5.27. The van der Waals surface area contributed by atoms with Crippen LogP contribution in [0.5, 0.6) is 0 Å². The summed E-state index contributed by atoms with van der Waals surface area (Å²) in [6.07, 6.45) is 0.690. The third kappa shape index (κ3) is 3.68. The van der Waals surface area contributed by atoms with Crippen molar-refractivity contribution >= 4 is 21.8 Å². The molecule has 0 aromatic heterocycles. The smallest absolute Gasteiger partial charge is 0.245 e. The Kier molecular flexibility index (Phi) is 4.74. The van der Waals surface area contributed by atoms with Crippen LogP contribution in [0.3, 0.4) is 0 Å². The summed E-state index contributed by atoms with van der Waals surface area (Å²) in [4.78, 5) is 23.2. The van der Waals surface area contributed by atoms with Gasteiger partial charge in [-0.3, -0.25) is 14.9 Å². The van der Waals surface area contributed by atoms with Gasteiger partial charge in [0.25, 0.3) is 0 Å². The van der Waals surface area contributed by atoms with Crippen LogP contribution in [0.25, 0.3) is 0 Å². The molecule has 0 aliphatic carbocycles. The number of nitrogens with zero attached hydrogens (tertiary/aromatic N) is 1. The van der Waals surface area contributed by atoms with Gasteiger partial charge < -0.3 is 0 Å². The second-order valence-corrected chi connectivity index (χ2v) is 6.97. The fourth-order valence-electron chi connectivity index (χ4n) is 2.33. The zero-order chi connectivity index (χ0) is 15.5. The highest BCUT2D eigenvalue weighted by Crippen LogP contribution is 2.16. The lowest BCUT2D eigenvalue weighted by molar-refractivity contribution is -0.137. The predicted molar refractivity (Wildman–Crippen MR) is 77.9 cm³/mol. The van der Waals surface area contributed by atoms with Gasteiger partial charge in [0, 0.05) is 0 Å². The maximum Gasteiger partial charge on any atom is 0.245 e. The van der Waals surface area contributed by atoms with E-state index in [0.29, 0.717) is 12.8 Å². The minimum absolute atomic E-state index is 0.117. The van der Waals surface area contributed by atoms with Gasteiger partial charge in [0.15, 0.2) is 0 Å². The molecule has 1 aromatic rings. The number of piperazine rings is 1. The van der Waals surface area contributed by atoms with Gasteiger partial charge in [-0.2, -0.15) is 4.31 Å². The number of nitrogens with one attached hydrogen (secondary N) is 1. The molecule has 114 valence electrons. The Balaban J connectivity index is 2.13. The normalized spacial score (nSPS) is 20.3. The topological polar surface area (TPSA) is 83.6 Å². The van der Waals surface area contributed by atoms with Crippen LogP contribution in [0.2, 0.25) is 0 Å². The number of sulfonamides is 1. The van der Waals surface area contributed by atoms with E-state index in [2.05, 4.69) is 5.32 Å². The standard InChI is InChI=1S/C14H18N2O4S/c1-2-12-14(18)15-13(17)10-16(12)21(19,20)9-8-11-6-4-3-5-7-11/h3-7,12H,2,8-10H2,1H3,(H,15,17,18). The van der Waals surface area contributed by atoms with Crippen molar-refractivity contribution in [3.63, 3.8) is 0 Å². The minimum atomic E-state index is -3.66. The SMILES string of the molecule is CCC1C(=O)NC(=O)CN1S(=O)(=O)CCc1ccccc1. The van der Waals surface area contributed by atoms with Gasteiger partial charge in [-0.1, -0.05) is 37.3 Å². The fraction of sp³-hybridized carbons (Fsp3) is 0.429. The number of rotatable bonds is 5. The van der Waals surface area contributed by atoms with Crippen LogP contribution >= 0.6 is 0 Å². The van der Waals surface area contributed by atoms with Crippen molar-refractivity contribution in [1.82, 2.24) is 9.62 Å². The second-order valence-electron chi connectivity index (χ2n) is 4.93. The predicted octanol–water partition coefficient (Wildman–Crippen LogP) is 0.296. The molecule has 7 heteroatoms. The molecule has 1 N–H and O–H groups in total. The molecular weight excluding hydrogens is 292 g/mol. The highest BCUT2D eigenvalue weighted by Gasteiger charge is 2.39. The largest absolute Gasteiger partial charge is 0.294 e. The summed E-state index contributed by atoms with van der Waals surface area (Å²) < 4.78 is 25.9. The Bertz CT molecular complexity index is 628. The van der Waals surface area contributed by atoms with Crippen LogP contribution in [0, 0.1) is 0 Å². The van der Waals surface area contributed by atoms with Gasteiger partial charge in [0.2, 0.25) is 21.8 Å². The summed E-state index contributed by atoms with van der Waals surface area (Å²) >= 11 is 0. The van der Waals surface area contributed by atoms with Crippen molar-refractivity contribution in [3.05, 3.63) is 35.9 Å². The summed E-state index contributed by atoms with van der Waals surface area (Å²) in [7, 11) is -3.66. The number of hydrogen-bond acceptors (Lipinski definition) is 4. The molecule has 6 nitrogen and oxygen atoms in total. The number of benzene rings is 1. The van der Waals surface area contributed by atoms with Gasteiger partial charge in [-0.05, 0) is 18.4 Å². The van der Waals surface area contributed by atoms with E-state index in [4.69, 9.17) is 0 Å². The molecule has 1 atom stereocenters. The summed E-state index contributed by atoms with van der Waals surface area (Å²) in [5.41, 5.74) is 0.905. The van der Waals surface area contributed by atoms with Crippen molar-refractivity contribution in [2.45, 2.75) is 25.8 Å². The van der Waals surface area contributed by atoms with Crippen molar-refractivity contribution < 1.29 is 18.0 Å². The van der Waals surface area contributed by atoms with E-state index in [-0.39, 0.29) is 12.3 Å². The van der Waals surface area contributed by atoms with E-state index in [9.17, 15) is 18.0 Å². The summed E-state index contributed by atoms with van der Waals surface area (Å²) in [5, 5.41) is 2.17. The van der Waals surface area contributed by atoms with E-state index < -0.39 is 27.9 Å². The number of imide groups is 1. The molecule has 1 aliphatic heterocycles. The van der Waals surface area contributed by atoms with Crippen LogP contribution in [-0.2, 0) is 26.0 Å². The lowest BCUT2D eigenvalue weighted by atomic mass is 10.2. The first-order valence-electron chi connectivity index (χ1n) is 6.81. The maximum atomic E-state index is 12.4. The Morgan fingerprint density at radius 2 is 1.90 bits per heavy atom. The second kappa shape index (κ2) is 6.36. The monoisotopic (exact) mass is 310 g/mol. The van der Waals surface area contributed by atoms with E-state index in [1.54, 1.807) is 6.92 Å². The first-order valence-corrected chi connectivity index (χ1v) is 8.42. The molecule has 1 heterocycles. The maximum absolute atomic E-state index is 12.4. The average molecular weight is 310 g/mol. The molecule has 0 saturated carbocycles. The molecule has 0 spiro atoms. The van der Waals surface area contributed by atoms with Gasteiger partial charge in [0.05, 0.1) is 12.3 Å². The van der Waals surface area contributed by atoms with Gasteiger partial charge in [0.1, 0.15) is 6.04 Å². The quantitative estimate of drug-likeness (QED) is 0.793. The zero-order valence-electron chi connectivity index (χ0n) is 11.8. The molecule has 1 fully saturated rings. The number of aryl methyl sites for hydroxylation is 1. The third-order valence-electron chi connectivity index (χ3n) is 3.45. The molecule has 21 heavy (non-hydrogen) atoms. The Labute approximate surface area is 124 Å². The Morgan fingerprint density at radius 3 is 2.52 bits per heavy atom. The number of carbonyl (C=O) groups excluding carboxylic acids is 2. The molecule has 1 aliphatic rings. The van der Waals surface area contributed by atoms with Gasteiger partial charge in [-0.25, -0.2) is 8.42 Å². The number of carbonyl (C=O) groups is 2. The lowest BCUT2D eigenvalue weighted by Gasteiger charge is -2.32. The average Bonchev–Trinajstić information content (AvgIpc) is 2.46.